The molecule has 2 aliphatic heterocycles. The van der Waals surface area contributed by atoms with Crippen LogP contribution in [0.1, 0.15) is 16.2 Å². The fourth-order valence-electron chi connectivity index (χ4n) is 1.96. The number of hydrogen-bond acceptors (Lipinski definition) is 7. The van der Waals surface area contributed by atoms with Crippen LogP contribution in [0.2, 0.25) is 0 Å². The molecule has 128 valence electrons. The van der Waals surface area contributed by atoms with Crippen molar-refractivity contribution in [2.24, 2.45) is 0 Å². The minimum atomic E-state index is -2.93. The number of sulfone groups is 1. The number of halogens is 1. The highest BCUT2D eigenvalue weighted by atomic mass is 32.2. The second-order valence-electron chi connectivity index (χ2n) is 4.81. The van der Waals surface area contributed by atoms with E-state index in [9.17, 15) is 22.7 Å². The SMILES string of the molecule is O=C(C=C(O)c1ccoc1F)c1ncn[nH]1.O=S1(=O)c2cccc1c2. The highest BCUT2D eigenvalue weighted by Crippen LogP contribution is 2.30. The normalized spacial score (nSPS) is 14.2. The van der Waals surface area contributed by atoms with Crippen LogP contribution in [0.25, 0.3) is 5.76 Å². The fourth-order valence-corrected chi connectivity index (χ4v) is 3.12. The first-order valence-electron chi connectivity index (χ1n) is 6.78. The zero-order valence-electron chi connectivity index (χ0n) is 12.4. The van der Waals surface area contributed by atoms with Gasteiger partial charge in [-0.25, -0.2) is 13.4 Å². The molecule has 2 aromatic heterocycles. The van der Waals surface area contributed by atoms with Gasteiger partial charge in [-0.1, -0.05) is 6.07 Å². The Morgan fingerprint density at radius 2 is 2.00 bits per heavy atom. The van der Waals surface area contributed by atoms with Gasteiger partial charge in [0.1, 0.15) is 12.1 Å². The summed E-state index contributed by atoms with van der Waals surface area (Å²) >= 11 is 0. The van der Waals surface area contributed by atoms with Crippen molar-refractivity contribution in [3.63, 3.8) is 0 Å². The number of aromatic nitrogens is 3. The Morgan fingerprint density at radius 3 is 2.44 bits per heavy atom. The van der Waals surface area contributed by atoms with E-state index in [2.05, 4.69) is 19.6 Å². The number of benzene rings is 1. The summed E-state index contributed by atoms with van der Waals surface area (Å²) in [5, 5.41) is 15.2. The fraction of sp³-hybridized carbons (Fsp3) is 0. The van der Waals surface area contributed by atoms with E-state index in [1.807, 2.05) is 0 Å². The zero-order valence-corrected chi connectivity index (χ0v) is 13.2. The molecule has 0 atom stereocenters. The molecule has 0 aliphatic carbocycles. The van der Waals surface area contributed by atoms with E-state index in [4.69, 9.17) is 0 Å². The quantitative estimate of drug-likeness (QED) is 0.324. The van der Waals surface area contributed by atoms with E-state index < -0.39 is 27.4 Å². The lowest BCUT2D eigenvalue weighted by Crippen LogP contribution is -2.10. The Hall–Kier alpha value is -3.27. The topological polar surface area (TPSA) is 126 Å². The van der Waals surface area contributed by atoms with Crippen LogP contribution < -0.4 is 0 Å². The molecule has 2 N–H and O–H groups in total. The third-order valence-corrected chi connectivity index (χ3v) is 4.99. The van der Waals surface area contributed by atoms with Crippen LogP contribution in [0.5, 0.6) is 0 Å². The van der Waals surface area contributed by atoms with Crippen molar-refractivity contribution in [3.05, 3.63) is 66.4 Å². The molecule has 3 aromatic rings. The average molecular weight is 363 g/mol. The van der Waals surface area contributed by atoms with Crippen molar-refractivity contribution in [2.75, 3.05) is 0 Å². The summed E-state index contributed by atoms with van der Waals surface area (Å²) in [6.45, 7) is 0. The van der Waals surface area contributed by atoms with Gasteiger partial charge in [0.2, 0.25) is 15.6 Å². The molecule has 1 aromatic carbocycles. The van der Waals surface area contributed by atoms with E-state index >= 15 is 0 Å². The van der Waals surface area contributed by atoms with Crippen LogP contribution in [-0.4, -0.2) is 34.5 Å². The van der Waals surface area contributed by atoms with Crippen LogP contribution in [-0.2, 0) is 9.84 Å². The number of nitrogens with one attached hydrogen (secondary N) is 1. The summed E-state index contributed by atoms with van der Waals surface area (Å²) in [6, 6.07) is 6.85. The first-order chi connectivity index (χ1) is 11.9. The molecule has 0 amide bonds. The minimum absolute atomic E-state index is 0.0459. The number of rotatable bonds is 3. The van der Waals surface area contributed by atoms with Gasteiger partial charge >= 0.3 is 0 Å². The van der Waals surface area contributed by atoms with Gasteiger partial charge < -0.3 is 9.52 Å². The van der Waals surface area contributed by atoms with E-state index in [0.29, 0.717) is 9.79 Å². The summed E-state index contributed by atoms with van der Waals surface area (Å²) in [6.07, 6.45) is 3.04. The maximum absolute atomic E-state index is 12.9. The molecule has 25 heavy (non-hydrogen) atoms. The average Bonchev–Trinajstić information content (AvgIpc) is 3.27. The number of allylic oxidation sites excluding steroid dienone is 1. The standard InChI is InChI=1S/C9H6FN3O3.C6H4O2S/c10-8-5(1-2-16-8)6(14)3-7(15)9-11-4-12-13-9;7-9(8)5-2-1-3-6(9)4-5/h1-4,14H,(H,11,12,13);1-4H. The lowest BCUT2D eigenvalue weighted by Gasteiger charge is -2.13. The van der Waals surface area contributed by atoms with Crippen molar-refractivity contribution in [2.45, 2.75) is 9.79 Å². The monoisotopic (exact) mass is 363 g/mol. The molecule has 5 rings (SSSR count). The molecule has 0 saturated heterocycles. The van der Waals surface area contributed by atoms with Gasteiger partial charge in [-0.05, 0) is 24.3 Å². The second kappa shape index (κ2) is 6.32. The molecule has 10 heteroatoms. The number of aromatic amines is 1. The van der Waals surface area contributed by atoms with Crippen LogP contribution in [0.15, 0.2) is 63.2 Å². The summed E-state index contributed by atoms with van der Waals surface area (Å²) in [5.74, 6) is -1.20. The van der Waals surface area contributed by atoms with Gasteiger partial charge in [0.15, 0.2) is 5.82 Å². The Labute approximate surface area is 140 Å². The van der Waals surface area contributed by atoms with Crippen molar-refractivity contribution in [1.82, 2.24) is 15.2 Å². The third-order valence-electron chi connectivity index (χ3n) is 3.24. The number of aliphatic hydroxyl groups excluding tert-OH is 1. The molecule has 0 spiro atoms. The van der Waals surface area contributed by atoms with Gasteiger partial charge in [0.25, 0.3) is 6.01 Å². The molecule has 2 aliphatic rings. The van der Waals surface area contributed by atoms with Crippen LogP contribution in [0.4, 0.5) is 4.39 Å². The first kappa shape index (κ1) is 16.6. The van der Waals surface area contributed by atoms with Crippen molar-refractivity contribution < 1.29 is 27.1 Å². The smallest absolute Gasteiger partial charge is 0.288 e. The summed E-state index contributed by atoms with van der Waals surface area (Å²) in [7, 11) is -2.93. The number of aliphatic hydroxyl groups is 1. The maximum Gasteiger partial charge on any atom is 0.288 e. The number of carbonyl (C=O) groups excluding carboxylic acids is 1. The van der Waals surface area contributed by atoms with Gasteiger partial charge in [-0.15, -0.1) is 0 Å². The largest absolute Gasteiger partial charge is 0.507 e. The summed E-state index contributed by atoms with van der Waals surface area (Å²) < 4.78 is 38.9. The Morgan fingerprint density at radius 1 is 1.28 bits per heavy atom. The van der Waals surface area contributed by atoms with Crippen molar-refractivity contribution in [1.29, 1.82) is 0 Å². The first-order valence-corrected chi connectivity index (χ1v) is 8.27. The molecule has 4 heterocycles. The molecule has 0 radical (unpaired) electrons. The second-order valence-corrected chi connectivity index (χ2v) is 6.76. The van der Waals surface area contributed by atoms with E-state index in [1.165, 1.54) is 6.07 Å². The third kappa shape index (κ3) is 3.19. The maximum atomic E-state index is 12.9. The number of H-pyrrole nitrogens is 1. The number of ketones is 1. The lowest BCUT2D eigenvalue weighted by atomic mass is 10.2. The highest BCUT2D eigenvalue weighted by Gasteiger charge is 2.26. The molecular weight excluding hydrogens is 353 g/mol. The summed E-state index contributed by atoms with van der Waals surface area (Å²) in [5.41, 5.74) is -0.187. The molecule has 8 nitrogen and oxygen atoms in total. The number of carbonyl (C=O) groups is 1. The van der Waals surface area contributed by atoms with Gasteiger partial charge in [-0.3, -0.25) is 9.89 Å². The molecule has 0 unspecified atom stereocenters. The zero-order chi connectivity index (χ0) is 18.0. The highest BCUT2D eigenvalue weighted by molar-refractivity contribution is 7.92. The summed E-state index contributed by atoms with van der Waals surface area (Å²) in [4.78, 5) is 15.9. The van der Waals surface area contributed by atoms with Gasteiger partial charge in [0, 0.05) is 6.08 Å². The Bertz CT molecular complexity index is 1020. The van der Waals surface area contributed by atoms with Crippen molar-refractivity contribution in [3.8, 4) is 0 Å². The van der Waals surface area contributed by atoms with E-state index in [-0.39, 0.29) is 11.4 Å². The lowest BCUT2D eigenvalue weighted by molar-refractivity contribution is 0.103. The minimum Gasteiger partial charge on any atom is -0.507 e. The van der Waals surface area contributed by atoms with Crippen LogP contribution in [0, 0.1) is 6.01 Å². The van der Waals surface area contributed by atoms with E-state index in [0.717, 1.165) is 18.7 Å². The van der Waals surface area contributed by atoms with Crippen molar-refractivity contribution >= 4 is 21.4 Å². The van der Waals surface area contributed by atoms with E-state index in [1.54, 1.807) is 24.3 Å². The predicted molar refractivity (Wildman–Crippen MR) is 81.9 cm³/mol. The van der Waals surface area contributed by atoms with Gasteiger partial charge in [-0.2, -0.15) is 9.49 Å². The number of nitrogens with zero attached hydrogens (tertiary/aromatic N) is 2. The molecule has 0 saturated carbocycles. The van der Waals surface area contributed by atoms with Gasteiger partial charge in [0.05, 0.1) is 21.6 Å². The Kier molecular flexibility index (Phi) is 4.19. The molecular formula is C15H10FN3O5S. The van der Waals surface area contributed by atoms with Crippen LogP contribution >= 0.6 is 0 Å². The Balaban J connectivity index is 0.000000170. The molecule has 0 fully saturated rings. The number of furan rings is 1. The predicted octanol–water partition coefficient (Wildman–Crippen LogP) is 2.15. The molecule has 2 bridgehead atoms. The number of hydrogen-bond donors (Lipinski definition) is 2. The number of fused-ring (bicyclic) bond motifs is 2. The van der Waals surface area contributed by atoms with Crippen LogP contribution in [0.3, 0.4) is 0 Å².